The third-order valence-corrected chi connectivity index (χ3v) is 4.14. The predicted octanol–water partition coefficient (Wildman–Crippen LogP) is 3.08. The van der Waals surface area contributed by atoms with Crippen molar-refractivity contribution < 1.29 is 4.79 Å². The summed E-state index contributed by atoms with van der Waals surface area (Å²) in [6.45, 7) is 3.92. The Morgan fingerprint density at radius 2 is 2.05 bits per heavy atom. The SMILES string of the molecule is CSc1ccc(C)c(NC(=O)C2CCNCC2)c1.Cl. The summed E-state index contributed by atoms with van der Waals surface area (Å²) in [6, 6.07) is 6.20. The third kappa shape index (κ3) is 4.41. The highest BCUT2D eigenvalue weighted by Gasteiger charge is 2.21. The van der Waals surface area contributed by atoms with Crippen molar-refractivity contribution in [2.75, 3.05) is 24.7 Å². The van der Waals surface area contributed by atoms with Crippen molar-refractivity contribution in [3.05, 3.63) is 23.8 Å². The van der Waals surface area contributed by atoms with Crippen LogP contribution in [-0.2, 0) is 4.79 Å². The molecule has 0 radical (unpaired) electrons. The largest absolute Gasteiger partial charge is 0.326 e. The van der Waals surface area contributed by atoms with E-state index >= 15 is 0 Å². The number of halogens is 1. The van der Waals surface area contributed by atoms with Gasteiger partial charge >= 0.3 is 0 Å². The summed E-state index contributed by atoms with van der Waals surface area (Å²) in [7, 11) is 0. The third-order valence-electron chi connectivity index (χ3n) is 3.41. The Labute approximate surface area is 125 Å². The van der Waals surface area contributed by atoms with E-state index in [4.69, 9.17) is 0 Å². The van der Waals surface area contributed by atoms with Crippen LogP contribution in [0.3, 0.4) is 0 Å². The van der Waals surface area contributed by atoms with Crippen molar-refractivity contribution in [2.45, 2.75) is 24.7 Å². The van der Waals surface area contributed by atoms with Crippen LogP contribution in [-0.4, -0.2) is 25.3 Å². The molecular weight excluding hydrogens is 280 g/mol. The van der Waals surface area contributed by atoms with Crippen molar-refractivity contribution in [2.24, 2.45) is 5.92 Å². The summed E-state index contributed by atoms with van der Waals surface area (Å²) in [4.78, 5) is 13.4. The Kier molecular flexibility index (Phi) is 6.69. The van der Waals surface area contributed by atoms with E-state index in [0.717, 1.165) is 37.2 Å². The van der Waals surface area contributed by atoms with Crippen LogP contribution < -0.4 is 10.6 Å². The van der Waals surface area contributed by atoms with Gasteiger partial charge in [0.25, 0.3) is 0 Å². The summed E-state index contributed by atoms with van der Waals surface area (Å²) in [5.74, 6) is 0.321. The molecule has 19 heavy (non-hydrogen) atoms. The molecule has 1 aromatic carbocycles. The molecule has 0 saturated carbocycles. The molecule has 0 unspecified atom stereocenters. The van der Waals surface area contributed by atoms with Crippen molar-refractivity contribution >= 4 is 35.8 Å². The summed E-state index contributed by atoms with van der Waals surface area (Å²) in [6.07, 6.45) is 3.92. The standard InChI is InChI=1S/C14H20N2OS.ClH/c1-10-3-4-12(18-2)9-13(10)16-14(17)11-5-7-15-8-6-11;/h3-4,9,11,15H,5-8H2,1-2H3,(H,16,17);1H. The first kappa shape index (κ1) is 16.3. The maximum absolute atomic E-state index is 12.2. The lowest BCUT2D eigenvalue weighted by Gasteiger charge is -2.22. The molecule has 1 aliphatic heterocycles. The van der Waals surface area contributed by atoms with Crippen molar-refractivity contribution in [1.82, 2.24) is 5.32 Å². The minimum absolute atomic E-state index is 0. The maximum atomic E-state index is 12.2. The van der Waals surface area contributed by atoms with Gasteiger partial charge in [0.05, 0.1) is 0 Å². The van der Waals surface area contributed by atoms with E-state index in [0.29, 0.717) is 0 Å². The minimum Gasteiger partial charge on any atom is -0.326 e. The fraction of sp³-hybridized carbons (Fsp3) is 0.500. The van der Waals surface area contributed by atoms with Crippen LogP contribution in [0.4, 0.5) is 5.69 Å². The second kappa shape index (κ2) is 7.78. The van der Waals surface area contributed by atoms with Gasteiger partial charge in [-0.25, -0.2) is 0 Å². The van der Waals surface area contributed by atoms with E-state index in [1.54, 1.807) is 11.8 Å². The van der Waals surface area contributed by atoms with Crippen molar-refractivity contribution in [1.29, 1.82) is 0 Å². The van der Waals surface area contributed by atoms with Gasteiger partial charge in [0.2, 0.25) is 5.91 Å². The molecule has 1 aromatic rings. The average molecular weight is 301 g/mol. The number of rotatable bonds is 3. The number of benzene rings is 1. The van der Waals surface area contributed by atoms with Crippen LogP contribution in [0.25, 0.3) is 0 Å². The average Bonchev–Trinajstić information content (AvgIpc) is 2.42. The summed E-state index contributed by atoms with van der Waals surface area (Å²) in [5, 5.41) is 6.35. The van der Waals surface area contributed by atoms with Gasteiger partial charge in [-0.2, -0.15) is 0 Å². The number of hydrogen-bond donors (Lipinski definition) is 2. The molecule has 1 saturated heterocycles. The molecule has 106 valence electrons. The van der Waals surface area contributed by atoms with Crippen molar-refractivity contribution in [3.8, 4) is 0 Å². The van der Waals surface area contributed by atoms with E-state index in [1.165, 1.54) is 4.90 Å². The number of piperidine rings is 1. The monoisotopic (exact) mass is 300 g/mol. The van der Waals surface area contributed by atoms with E-state index in [-0.39, 0.29) is 24.2 Å². The Morgan fingerprint density at radius 3 is 2.68 bits per heavy atom. The van der Waals surface area contributed by atoms with Gasteiger partial charge in [0, 0.05) is 16.5 Å². The number of nitrogens with one attached hydrogen (secondary N) is 2. The molecule has 5 heteroatoms. The lowest BCUT2D eigenvalue weighted by Crippen LogP contribution is -2.34. The van der Waals surface area contributed by atoms with Gasteiger partial charge in [0.1, 0.15) is 0 Å². The van der Waals surface area contributed by atoms with Gasteiger partial charge in [-0.3, -0.25) is 4.79 Å². The first-order valence-electron chi connectivity index (χ1n) is 6.37. The molecule has 0 bridgehead atoms. The van der Waals surface area contributed by atoms with Crippen LogP contribution in [0.5, 0.6) is 0 Å². The molecule has 1 amide bonds. The quantitative estimate of drug-likeness (QED) is 0.843. The number of anilines is 1. The second-order valence-electron chi connectivity index (χ2n) is 4.69. The Morgan fingerprint density at radius 1 is 1.37 bits per heavy atom. The van der Waals surface area contributed by atoms with Crippen LogP contribution in [0.1, 0.15) is 18.4 Å². The number of hydrogen-bond acceptors (Lipinski definition) is 3. The molecule has 1 heterocycles. The lowest BCUT2D eigenvalue weighted by molar-refractivity contribution is -0.120. The molecule has 1 fully saturated rings. The fourth-order valence-electron chi connectivity index (χ4n) is 2.18. The summed E-state index contributed by atoms with van der Waals surface area (Å²) in [5.41, 5.74) is 2.07. The van der Waals surface area contributed by atoms with Crippen molar-refractivity contribution in [3.63, 3.8) is 0 Å². The van der Waals surface area contributed by atoms with Gasteiger partial charge in [-0.1, -0.05) is 6.07 Å². The highest BCUT2D eigenvalue weighted by molar-refractivity contribution is 7.98. The number of carbonyl (C=O) groups excluding carboxylic acids is 1. The van der Waals surface area contributed by atoms with Gasteiger partial charge in [-0.05, 0) is 56.8 Å². The molecule has 0 aromatic heterocycles. The number of carbonyl (C=O) groups is 1. The van der Waals surface area contributed by atoms with Gasteiger partial charge < -0.3 is 10.6 Å². The van der Waals surface area contributed by atoms with Crippen LogP contribution >= 0.6 is 24.2 Å². The molecule has 0 atom stereocenters. The van der Waals surface area contributed by atoms with E-state index < -0.39 is 0 Å². The topological polar surface area (TPSA) is 41.1 Å². The molecule has 2 rings (SSSR count). The minimum atomic E-state index is 0. The zero-order valence-electron chi connectivity index (χ0n) is 11.4. The predicted molar refractivity (Wildman–Crippen MR) is 84.4 cm³/mol. The number of thioether (sulfide) groups is 1. The Balaban J connectivity index is 0.00000180. The molecule has 1 aliphatic rings. The van der Waals surface area contributed by atoms with E-state index in [9.17, 15) is 4.79 Å². The molecule has 0 spiro atoms. The summed E-state index contributed by atoms with van der Waals surface area (Å²) < 4.78 is 0. The van der Waals surface area contributed by atoms with Gasteiger partial charge in [0.15, 0.2) is 0 Å². The Hall–Kier alpha value is -0.710. The zero-order valence-corrected chi connectivity index (χ0v) is 13.0. The van der Waals surface area contributed by atoms with E-state index in [1.807, 2.05) is 13.2 Å². The first-order valence-corrected chi connectivity index (χ1v) is 7.59. The number of amides is 1. The normalized spacial score (nSPS) is 15.7. The molecule has 0 aliphatic carbocycles. The lowest BCUT2D eigenvalue weighted by atomic mass is 9.97. The highest BCUT2D eigenvalue weighted by atomic mass is 35.5. The maximum Gasteiger partial charge on any atom is 0.227 e. The summed E-state index contributed by atoms with van der Waals surface area (Å²) >= 11 is 1.69. The fourth-order valence-corrected chi connectivity index (χ4v) is 2.62. The smallest absolute Gasteiger partial charge is 0.227 e. The Bertz CT molecular complexity index is 433. The van der Waals surface area contributed by atoms with Crippen LogP contribution in [0.2, 0.25) is 0 Å². The van der Waals surface area contributed by atoms with Crippen LogP contribution in [0.15, 0.2) is 23.1 Å². The molecule has 3 nitrogen and oxygen atoms in total. The zero-order chi connectivity index (χ0) is 13.0. The molecular formula is C14H21ClN2OS. The van der Waals surface area contributed by atoms with Gasteiger partial charge in [-0.15, -0.1) is 24.2 Å². The van der Waals surface area contributed by atoms with Crippen LogP contribution in [0, 0.1) is 12.8 Å². The molecule has 2 N–H and O–H groups in total. The van der Waals surface area contributed by atoms with E-state index in [2.05, 4.69) is 28.8 Å². The second-order valence-corrected chi connectivity index (χ2v) is 5.57. The number of aryl methyl sites for hydroxylation is 1. The first-order chi connectivity index (χ1) is 8.70. The highest BCUT2D eigenvalue weighted by Crippen LogP contribution is 2.24.